The van der Waals surface area contributed by atoms with Gasteiger partial charge >= 0.3 is 0 Å². The summed E-state index contributed by atoms with van der Waals surface area (Å²) in [5.74, 6) is 0. The zero-order chi connectivity index (χ0) is 8.69. The monoisotopic (exact) mass is 159 g/mol. The first-order valence-corrected chi connectivity index (χ1v) is 4.59. The van der Waals surface area contributed by atoms with Gasteiger partial charge in [-0.25, -0.2) is 0 Å². The lowest BCUT2D eigenvalue weighted by Gasteiger charge is -2.14. The molecule has 1 aliphatic rings. The molecule has 0 bridgehead atoms. The summed E-state index contributed by atoms with van der Waals surface area (Å²) in [5.41, 5.74) is 0. The first-order valence-electron chi connectivity index (χ1n) is 4.59. The third kappa shape index (κ3) is 5.22. The van der Waals surface area contributed by atoms with E-state index in [0.29, 0.717) is 6.10 Å². The van der Waals surface area contributed by atoms with E-state index in [-0.39, 0.29) is 0 Å². The van der Waals surface area contributed by atoms with Crippen LogP contribution in [0.15, 0.2) is 0 Å². The Bertz CT molecular complexity index is 75.6. The molecule has 2 heteroatoms. The SMILES string of the molecule is CC.CC1CN(C)CCCO1. The van der Waals surface area contributed by atoms with Crippen molar-refractivity contribution < 1.29 is 4.74 Å². The van der Waals surface area contributed by atoms with E-state index in [0.717, 1.165) is 13.2 Å². The van der Waals surface area contributed by atoms with Crippen molar-refractivity contribution in [2.45, 2.75) is 33.3 Å². The van der Waals surface area contributed by atoms with E-state index in [1.54, 1.807) is 0 Å². The largest absolute Gasteiger partial charge is 0.377 e. The second kappa shape index (κ2) is 6.62. The molecule has 0 aromatic heterocycles. The molecule has 0 amide bonds. The summed E-state index contributed by atoms with van der Waals surface area (Å²) < 4.78 is 5.43. The van der Waals surface area contributed by atoms with Gasteiger partial charge in [0.05, 0.1) is 6.10 Å². The number of likely N-dealkylation sites (N-methyl/N-ethyl adjacent to an activating group) is 1. The van der Waals surface area contributed by atoms with Crippen LogP contribution in [0.25, 0.3) is 0 Å². The maximum Gasteiger partial charge on any atom is 0.0673 e. The Kier molecular flexibility index (Phi) is 6.57. The minimum Gasteiger partial charge on any atom is -0.377 e. The Hall–Kier alpha value is -0.0800. The molecule has 0 aliphatic carbocycles. The maximum atomic E-state index is 5.43. The Morgan fingerprint density at radius 3 is 2.64 bits per heavy atom. The predicted octanol–water partition coefficient (Wildman–Crippen LogP) is 1.75. The molecule has 68 valence electrons. The lowest BCUT2D eigenvalue weighted by Crippen LogP contribution is -2.25. The average Bonchev–Trinajstić information content (AvgIpc) is 2.18. The van der Waals surface area contributed by atoms with Crippen LogP contribution in [0.4, 0.5) is 0 Å². The second-order valence-corrected chi connectivity index (χ2v) is 2.80. The molecule has 0 aromatic rings. The molecule has 1 saturated heterocycles. The van der Waals surface area contributed by atoms with Crippen LogP contribution in [-0.2, 0) is 4.74 Å². The van der Waals surface area contributed by atoms with Gasteiger partial charge < -0.3 is 9.64 Å². The van der Waals surface area contributed by atoms with Crippen LogP contribution >= 0.6 is 0 Å². The van der Waals surface area contributed by atoms with Crippen LogP contribution in [0.5, 0.6) is 0 Å². The standard InChI is InChI=1S/C7H15NO.C2H6/c1-7-6-8(2)4-3-5-9-7;1-2/h7H,3-6H2,1-2H3;1-2H3. The van der Waals surface area contributed by atoms with E-state index in [9.17, 15) is 0 Å². The number of hydrogen-bond acceptors (Lipinski definition) is 2. The summed E-state index contributed by atoms with van der Waals surface area (Å²) in [5, 5.41) is 0. The fraction of sp³-hybridized carbons (Fsp3) is 1.00. The highest BCUT2D eigenvalue weighted by Crippen LogP contribution is 2.01. The molecule has 11 heavy (non-hydrogen) atoms. The predicted molar refractivity (Wildman–Crippen MR) is 48.9 cm³/mol. The summed E-state index contributed by atoms with van der Waals surface area (Å²) in [4.78, 5) is 2.32. The van der Waals surface area contributed by atoms with Crippen LogP contribution < -0.4 is 0 Å². The Morgan fingerprint density at radius 1 is 1.36 bits per heavy atom. The fourth-order valence-electron chi connectivity index (χ4n) is 1.20. The molecule has 1 heterocycles. The molecule has 1 fully saturated rings. The van der Waals surface area contributed by atoms with Crippen LogP contribution in [0, 0.1) is 0 Å². The lowest BCUT2D eigenvalue weighted by molar-refractivity contribution is 0.0709. The highest BCUT2D eigenvalue weighted by atomic mass is 16.5. The minimum atomic E-state index is 0.428. The normalized spacial score (nSPS) is 26.7. The minimum absolute atomic E-state index is 0.428. The number of hydrogen-bond donors (Lipinski definition) is 0. The van der Waals surface area contributed by atoms with Gasteiger partial charge in [0.25, 0.3) is 0 Å². The number of nitrogens with zero attached hydrogens (tertiary/aromatic N) is 1. The van der Waals surface area contributed by atoms with Crippen molar-refractivity contribution in [1.29, 1.82) is 0 Å². The van der Waals surface area contributed by atoms with Gasteiger partial charge in [-0.3, -0.25) is 0 Å². The Labute approximate surface area is 70.5 Å². The van der Waals surface area contributed by atoms with E-state index in [1.165, 1.54) is 13.0 Å². The Balaban J connectivity index is 0.000000461. The van der Waals surface area contributed by atoms with Gasteiger partial charge in [0.15, 0.2) is 0 Å². The number of rotatable bonds is 0. The molecule has 0 saturated carbocycles. The first kappa shape index (κ1) is 10.9. The Morgan fingerprint density at radius 2 is 2.00 bits per heavy atom. The van der Waals surface area contributed by atoms with Crippen molar-refractivity contribution in [2.24, 2.45) is 0 Å². The van der Waals surface area contributed by atoms with E-state index < -0.39 is 0 Å². The summed E-state index contributed by atoms with van der Waals surface area (Å²) in [7, 11) is 2.14. The van der Waals surface area contributed by atoms with Crippen molar-refractivity contribution in [3.8, 4) is 0 Å². The lowest BCUT2D eigenvalue weighted by atomic mass is 10.4. The molecule has 2 nitrogen and oxygen atoms in total. The summed E-state index contributed by atoms with van der Waals surface area (Å²) in [6, 6.07) is 0. The quantitative estimate of drug-likeness (QED) is 0.534. The third-order valence-corrected chi connectivity index (χ3v) is 1.66. The van der Waals surface area contributed by atoms with Crippen LogP contribution in [0.2, 0.25) is 0 Å². The van der Waals surface area contributed by atoms with E-state index in [4.69, 9.17) is 4.74 Å². The van der Waals surface area contributed by atoms with E-state index in [1.807, 2.05) is 13.8 Å². The molecule has 0 spiro atoms. The maximum absolute atomic E-state index is 5.43. The number of ether oxygens (including phenoxy) is 1. The second-order valence-electron chi connectivity index (χ2n) is 2.80. The van der Waals surface area contributed by atoms with E-state index >= 15 is 0 Å². The van der Waals surface area contributed by atoms with Crippen molar-refractivity contribution >= 4 is 0 Å². The molecule has 0 aromatic carbocycles. The van der Waals surface area contributed by atoms with Gasteiger partial charge in [-0.1, -0.05) is 13.8 Å². The van der Waals surface area contributed by atoms with Gasteiger partial charge in [0.2, 0.25) is 0 Å². The highest BCUT2D eigenvalue weighted by molar-refractivity contribution is 4.61. The summed E-state index contributed by atoms with van der Waals surface area (Å²) >= 11 is 0. The smallest absolute Gasteiger partial charge is 0.0673 e. The topological polar surface area (TPSA) is 12.5 Å². The van der Waals surface area contributed by atoms with Gasteiger partial charge in [-0.2, -0.15) is 0 Å². The first-order chi connectivity index (χ1) is 5.29. The van der Waals surface area contributed by atoms with E-state index in [2.05, 4.69) is 18.9 Å². The molecule has 1 unspecified atom stereocenters. The molecule has 0 N–H and O–H groups in total. The molecule has 0 radical (unpaired) electrons. The van der Waals surface area contributed by atoms with Crippen LogP contribution in [0.1, 0.15) is 27.2 Å². The summed E-state index contributed by atoms with van der Waals surface area (Å²) in [6.07, 6.45) is 1.61. The molecule has 1 atom stereocenters. The van der Waals surface area contributed by atoms with Crippen molar-refractivity contribution in [3.63, 3.8) is 0 Å². The zero-order valence-electron chi connectivity index (χ0n) is 8.26. The van der Waals surface area contributed by atoms with Gasteiger partial charge in [-0.15, -0.1) is 0 Å². The average molecular weight is 159 g/mol. The third-order valence-electron chi connectivity index (χ3n) is 1.66. The fourth-order valence-corrected chi connectivity index (χ4v) is 1.20. The molecule has 1 aliphatic heterocycles. The molecule has 1 rings (SSSR count). The van der Waals surface area contributed by atoms with Crippen LogP contribution in [-0.4, -0.2) is 37.7 Å². The van der Waals surface area contributed by atoms with Gasteiger partial charge in [0.1, 0.15) is 0 Å². The molecular weight excluding hydrogens is 138 g/mol. The zero-order valence-corrected chi connectivity index (χ0v) is 8.26. The van der Waals surface area contributed by atoms with Crippen molar-refractivity contribution in [2.75, 3.05) is 26.7 Å². The van der Waals surface area contributed by atoms with Gasteiger partial charge in [0, 0.05) is 19.7 Å². The summed E-state index contributed by atoms with van der Waals surface area (Å²) in [6.45, 7) is 9.33. The van der Waals surface area contributed by atoms with Gasteiger partial charge in [-0.05, 0) is 20.4 Å². The van der Waals surface area contributed by atoms with Crippen LogP contribution in [0.3, 0.4) is 0 Å². The van der Waals surface area contributed by atoms with Crippen molar-refractivity contribution in [1.82, 2.24) is 4.90 Å². The van der Waals surface area contributed by atoms with Crippen molar-refractivity contribution in [3.05, 3.63) is 0 Å². The highest BCUT2D eigenvalue weighted by Gasteiger charge is 2.09. The molecular formula is C9H21NO.